The van der Waals surface area contributed by atoms with Gasteiger partial charge in [-0.25, -0.2) is 0 Å². The van der Waals surface area contributed by atoms with Gasteiger partial charge in [0.1, 0.15) is 5.75 Å². The number of benzene rings is 2. The van der Waals surface area contributed by atoms with E-state index in [4.69, 9.17) is 20.8 Å². The molecule has 0 aliphatic rings. The van der Waals surface area contributed by atoms with E-state index in [1.807, 2.05) is 48.0 Å². The van der Waals surface area contributed by atoms with Gasteiger partial charge < -0.3 is 14.5 Å². The number of aromatic nitrogens is 2. The number of amides is 1. The standard InChI is InChI=1S/C22H18ClN3O3S/c1-14-2-5-17(6-3-14)28-19-7-4-16(23)12-18(19)24-20(27)8-9-21-25-26-22(29-21)15-10-11-30-13-15/h2-7,10-13H,8-9H2,1H3,(H,24,27). The highest BCUT2D eigenvalue weighted by molar-refractivity contribution is 7.08. The number of carbonyl (C=O) groups excluding carboxylic acids is 1. The van der Waals surface area contributed by atoms with Gasteiger partial charge in [-0.05, 0) is 48.7 Å². The first-order chi connectivity index (χ1) is 14.6. The van der Waals surface area contributed by atoms with Crippen LogP contribution in [0.1, 0.15) is 17.9 Å². The summed E-state index contributed by atoms with van der Waals surface area (Å²) < 4.78 is 11.5. The average Bonchev–Trinajstić information content (AvgIpc) is 3.42. The van der Waals surface area contributed by atoms with Crippen molar-refractivity contribution in [1.29, 1.82) is 0 Å². The van der Waals surface area contributed by atoms with Gasteiger partial charge in [0.2, 0.25) is 17.7 Å². The molecule has 2 aromatic heterocycles. The van der Waals surface area contributed by atoms with E-state index in [-0.39, 0.29) is 12.3 Å². The lowest BCUT2D eigenvalue weighted by Crippen LogP contribution is -2.13. The lowest BCUT2D eigenvalue weighted by Gasteiger charge is -2.13. The van der Waals surface area contributed by atoms with Crippen molar-refractivity contribution in [2.75, 3.05) is 5.32 Å². The number of nitrogens with one attached hydrogen (secondary N) is 1. The summed E-state index contributed by atoms with van der Waals surface area (Å²) in [5.41, 5.74) is 2.51. The zero-order chi connectivity index (χ0) is 20.9. The maximum atomic E-state index is 12.5. The summed E-state index contributed by atoms with van der Waals surface area (Å²) in [4.78, 5) is 12.5. The minimum Gasteiger partial charge on any atom is -0.455 e. The van der Waals surface area contributed by atoms with E-state index in [9.17, 15) is 4.79 Å². The number of anilines is 1. The van der Waals surface area contributed by atoms with Crippen LogP contribution >= 0.6 is 22.9 Å². The van der Waals surface area contributed by atoms with Gasteiger partial charge in [-0.1, -0.05) is 29.3 Å². The molecular formula is C22H18ClN3O3S. The molecule has 0 aliphatic heterocycles. The molecular weight excluding hydrogens is 422 g/mol. The van der Waals surface area contributed by atoms with Crippen molar-refractivity contribution >= 4 is 34.5 Å². The topological polar surface area (TPSA) is 77.2 Å². The lowest BCUT2D eigenvalue weighted by molar-refractivity contribution is -0.116. The number of ether oxygens (including phenoxy) is 1. The molecule has 0 aliphatic carbocycles. The van der Waals surface area contributed by atoms with Gasteiger partial charge in [0, 0.05) is 28.8 Å². The van der Waals surface area contributed by atoms with E-state index in [1.165, 1.54) is 0 Å². The molecule has 0 radical (unpaired) electrons. The molecule has 0 saturated carbocycles. The quantitative estimate of drug-likeness (QED) is 0.375. The van der Waals surface area contributed by atoms with Gasteiger partial charge in [-0.3, -0.25) is 4.79 Å². The van der Waals surface area contributed by atoms with Crippen LogP contribution in [-0.4, -0.2) is 16.1 Å². The van der Waals surface area contributed by atoms with Gasteiger partial charge in [-0.15, -0.1) is 10.2 Å². The lowest BCUT2D eigenvalue weighted by atomic mass is 10.2. The summed E-state index contributed by atoms with van der Waals surface area (Å²) in [6.07, 6.45) is 0.513. The van der Waals surface area contributed by atoms with E-state index in [0.717, 1.165) is 11.1 Å². The smallest absolute Gasteiger partial charge is 0.248 e. The fourth-order valence-electron chi connectivity index (χ4n) is 2.71. The molecule has 8 heteroatoms. The van der Waals surface area contributed by atoms with Crippen LogP contribution in [0.4, 0.5) is 5.69 Å². The first kappa shape index (κ1) is 20.1. The summed E-state index contributed by atoms with van der Waals surface area (Å²) in [5.74, 6) is 1.84. The van der Waals surface area contributed by atoms with Crippen LogP contribution in [-0.2, 0) is 11.2 Å². The monoisotopic (exact) mass is 439 g/mol. The molecule has 0 fully saturated rings. The number of hydrogen-bond donors (Lipinski definition) is 1. The van der Waals surface area contributed by atoms with E-state index in [1.54, 1.807) is 29.5 Å². The fourth-order valence-corrected chi connectivity index (χ4v) is 3.51. The van der Waals surface area contributed by atoms with Crippen LogP contribution in [0, 0.1) is 6.92 Å². The SMILES string of the molecule is Cc1ccc(Oc2ccc(Cl)cc2NC(=O)CCc2nnc(-c3ccsc3)o2)cc1. The third-order valence-corrected chi connectivity index (χ3v) is 5.18. The second-order valence-corrected chi connectivity index (χ2v) is 7.83. The van der Waals surface area contributed by atoms with E-state index >= 15 is 0 Å². The third-order valence-electron chi connectivity index (χ3n) is 4.27. The van der Waals surface area contributed by atoms with Crippen molar-refractivity contribution < 1.29 is 13.9 Å². The molecule has 1 amide bonds. The van der Waals surface area contributed by atoms with Crippen molar-refractivity contribution in [2.45, 2.75) is 19.8 Å². The highest BCUT2D eigenvalue weighted by Crippen LogP contribution is 2.32. The molecule has 6 nitrogen and oxygen atoms in total. The first-order valence-electron chi connectivity index (χ1n) is 9.26. The maximum Gasteiger partial charge on any atom is 0.248 e. The Hall–Kier alpha value is -3.16. The molecule has 0 spiro atoms. The Bertz CT molecular complexity index is 1140. The minimum absolute atomic E-state index is 0.182. The summed E-state index contributed by atoms with van der Waals surface area (Å²) in [6.45, 7) is 2.00. The third kappa shape index (κ3) is 5.06. The second kappa shape index (κ2) is 9.11. The Morgan fingerprint density at radius 1 is 1.17 bits per heavy atom. The normalized spacial score (nSPS) is 10.7. The van der Waals surface area contributed by atoms with Crippen LogP contribution in [0.5, 0.6) is 11.5 Å². The fraction of sp³-hybridized carbons (Fsp3) is 0.136. The van der Waals surface area contributed by atoms with E-state index in [0.29, 0.717) is 40.4 Å². The van der Waals surface area contributed by atoms with Crippen molar-refractivity contribution in [3.8, 4) is 23.0 Å². The molecule has 4 aromatic rings. The molecule has 2 aromatic carbocycles. The van der Waals surface area contributed by atoms with Crippen molar-refractivity contribution in [1.82, 2.24) is 10.2 Å². The van der Waals surface area contributed by atoms with E-state index < -0.39 is 0 Å². The van der Waals surface area contributed by atoms with Crippen LogP contribution in [0.25, 0.3) is 11.5 Å². The van der Waals surface area contributed by atoms with Crippen LogP contribution < -0.4 is 10.1 Å². The molecule has 0 unspecified atom stereocenters. The molecule has 2 heterocycles. The van der Waals surface area contributed by atoms with Gasteiger partial charge >= 0.3 is 0 Å². The molecule has 0 atom stereocenters. The van der Waals surface area contributed by atoms with Crippen molar-refractivity contribution in [3.63, 3.8) is 0 Å². The van der Waals surface area contributed by atoms with Gasteiger partial charge in [0.25, 0.3) is 0 Å². The largest absolute Gasteiger partial charge is 0.455 e. The predicted molar refractivity (Wildman–Crippen MR) is 117 cm³/mol. The number of rotatable bonds is 7. The van der Waals surface area contributed by atoms with Crippen molar-refractivity contribution in [3.05, 3.63) is 75.8 Å². The molecule has 4 rings (SSSR count). The number of carbonyl (C=O) groups is 1. The van der Waals surface area contributed by atoms with Crippen LogP contribution in [0.2, 0.25) is 5.02 Å². The average molecular weight is 440 g/mol. The molecule has 0 saturated heterocycles. The zero-order valence-corrected chi connectivity index (χ0v) is 17.7. The Kier molecular flexibility index (Phi) is 6.11. The Morgan fingerprint density at radius 3 is 2.77 bits per heavy atom. The van der Waals surface area contributed by atoms with E-state index in [2.05, 4.69) is 15.5 Å². The van der Waals surface area contributed by atoms with Gasteiger partial charge in [0.15, 0.2) is 5.75 Å². The molecule has 0 bridgehead atoms. The van der Waals surface area contributed by atoms with Gasteiger partial charge in [-0.2, -0.15) is 11.3 Å². The zero-order valence-electron chi connectivity index (χ0n) is 16.1. The number of aryl methyl sites for hydroxylation is 2. The van der Waals surface area contributed by atoms with Crippen LogP contribution in [0.3, 0.4) is 0 Å². The first-order valence-corrected chi connectivity index (χ1v) is 10.6. The number of hydrogen-bond acceptors (Lipinski definition) is 6. The summed E-state index contributed by atoms with van der Waals surface area (Å²) in [6, 6.07) is 14.7. The highest BCUT2D eigenvalue weighted by atomic mass is 35.5. The number of thiophene rings is 1. The van der Waals surface area contributed by atoms with Crippen molar-refractivity contribution in [2.24, 2.45) is 0 Å². The Morgan fingerprint density at radius 2 is 2.00 bits per heavy atom. The molecule has 152 valence electrons. The Balaban J connectivity index is 1.40. The second-order valence-electron chi connectivity index (χ2n) is 6.62. The number of halogens is 1. The molecule has 1 N–H and O–H groups in total. The van der Waals surface area contributed by atoms with Gasteiger partial charge in [0.05, 0.1) is 5.69 Å². The Labute approximate surface area is 182 Å². The summed E-state index contributed by atoms with van der Waals surface area (Å²) >= 11 is 7.66. The highest BCUT2D eigenvalue weighted by Gasteiger charge is 2.13. The minimum atomic E-state index is -0.207. The summed E-state index contributed by atoms with van der Waals surface area (Å²) in [7, 11) is 0. The summed E-state index contributed by atoms with van der Waals surface area (Å²) in [5, 5.41) is 15.2. The predicted octanol–water partition coefficient (Wildman–Crippen LogP) is 6.12. The maximum absolute atomic E-state index is 12.5. The van der Waals surface area contributed by atoms with Crippen LogP contribution in [0.15, 0.2) is 63.7 Å². The molecule has 30 heavy (non-hydrogen) atoms. The number of nitrogens with zero attached hydrogens (tertiary/aromatic N) is 2.